The average molecular weight is 272 g/mol. The van der Waals surface area contributed by atoms with E-state index in [0.29, 0.717) is 12.3 Å². The molecule has 1 amide bonds. The number of nitrogens with one attached hydrogen (secondary N) is 2. The number of aromatic amines is 1. The third-order valence-electron chi connectivity index (χ3n) is 4.11. The van der Waals surface area contributed by atoms with E-state index in [9.17, 15) is 4.79 Å². The number of para-hydroxylation sites is 1. The summed E-state index contributed by atoms with van der Waals surface area (Å²) >= 11 is 0. The van der Waals surface area contributed by atoms with E-state index in [1.165, 1.54) is 0 Å². The molecule has 0 saturated heterocycles. The molecule has 0 spiro atoms. The molecule has 0 saturated carbocycles. The molecule has 1 aromatic heterocycles. The third kappa shape index (κ3) is 3.41. The number of H-pyrrole nitrogens is 1. The van der Waals surface area contributed by atoms with Crippen molar-refractivity contribution in [3.63, 3.8) is 0 Å². The normalized spacial score (nSPS) is 13.4. The minimum absolute atomic E-state index is 0.0888. The van der Waals surface area contributed by atoms with E-state index in [0.717, 1.165) is 23.0 Å². The van der Waals surface area contributed by atoms with Crippen molar-refractivity contribution in [1.29, 1.82) is 0 Å². The van der Waals surface area contributed by atoms with Crippen LogP contribution in [0, 0.1) is 11.3 Å². The monoisotopic (exact) mass is 272 g/mol. The largest absolute Gasteiger partial charge is 0.361 e. The van der Waals surface area contributed by atoms with Gasteiger partial charge >= 0.3 is 0 Å². The molecule has 3 heteroatoms. The topological polar surface area (TPSA) is 44.9 Å². The minimum Gasteiger partial charge on any atom is -0.361 e. The van der Waals surface area contributed by atoms with E-state index in [4.69, 9.17) is 0 Å². The number of hydrogen-bond acceptors (Lipinski definition) is 1. The zero-order valence-corrected chi connectivity index (χ0v) is 12.8. The first-order chi connectivity index (χ1) is 9.38. The van der Waals surface area contributed by atoms with Crippen LogP contribution in [0.4, 0.5) is 0 Å². The van der Waals surface area contributed by atoms with Crippen molar-refractivity contribution < 1.29 is 4.79 Å². The van der Waals surface area contributed by atoms with Gasteiger partial charge in [-0.2, -0.15) is 0 Å². The fourth-order valence-electron chi connectivity index (χ4n) is 2.09. The molecule has 0 aliphatic heterocycles. The molecule has 2 N–H and O–H groups in total. The van der Waals surface area contributed by atoms with Crippen LogP contribution in [0.3, 0.4) is 0 Å². The molecule has 2 aromatic rings. The van der Waals surface area contributed by atoms with Crippen molar-refractivity contribution in [3.8, 4) is 0 Å². The Morgan fingerprint density at radius 2 is 2.00 bits per heavy atom. The molecule has 0 radical (unpaired) electrons. The second-order valence-electron chi connectivity index (χ2n) is 6.61. The van der Waals surface area contributed by atoms with Gasteiger partial charge in [0, 0.05) is 23.6 Å². The molecule has 1 unspecified atom stereocenters. The Kier molecular flexibility index (Phi) is 4.17. The molecule has 20 heavy (non-hydrogen) atoms. The first-order valence-electron chi connectivity index (χ1n) is 7.19. The summed E-state index contributed by atoms with van der Waals surface area (Å²) in [7, 11) is 0. The van der Waals surface area contributed by atoms with E-state index in [1.807, 2.05) is 30.5 Å². The molecular formula is C17H24N2O. The van der Waals surface area contributed by atoms with Gasteiger partial charge in [-0.05, 0) is 23.0 Å². The number of aromatic nitrogens is 1. The quantitative estimate of drug-likeness (QED) is 0.879. The number of benzene rings is 1. The molecule has 0 fully saturated rings. The predicted octanol–water partition coefficient (Wildman–Crippen LogP) is 3.51. The number of rotatable bonds is 4. The Hall–Kier alpha value is -1.77. The molecule has 1 atom stereocenters. The molecule has 2 rings (SSSR count). The summed E-state index contributed by atoms with van der Waals surface area (Å²) in [6, 6.07) is 8.07. The lowest BCUT2D eigenvalue weighted by atomic mass is 9.82. The van der Waals surface area contributed by atoms with Crippen molar-refractivity contribution >= 4 is 16.8 Å². The van der Waals surface area contributed by atoms with E-state index >= 15 is 0 Å². The first-order valence-corrected chi connectivity index (χ1v) is 7.19. The van der Waals surface area contributed by atoms with Crippen molar-refractivity contribution in [2.45, 2.75) is 34.1 Å². The van der Waals surface area contributed by atoms with Crippen LogP contribution in [0.15, 0.2) is 30.5 Å². The summed E-state index contributed by atoms with van der Waals surface area (Å²) < 4.78 is 0. The maximum atomic E-state index is 12.1. The average Bonchev–Trinajstić information content (AvgIpc) is 2.78. The Balaban J connectivity index is 1.95. The summed E-state index contributed by atoms with van der Waals surface area (Å²) in [5.74, 6) is 0.542. The van der Waals surface area contributed by atoms with E-state index in [2.05, 4.69) is 38.0 Å². The molecule has 3 nitrogen and oxygen atoms in total. The van der Waals surface area contributed by atoms with Gasteiger partial charge in [-0.1, -0.05) is 45.9 Å². The van der Waals surface area contributed by atoms with Crippen LogP contribution >= 0.6 is 0 Å². The standard InChI is InChI=1S/C17H24N2O/c1-12(17(2,3)4)10-19-16(20)9-13-11-18-15-8-6-5-7-14(13)15/h5-8,11-12,18H,9-10H2,1-4H3,(H,19,20). The van der Waals surface area contributed by atoms with Crippen LogP contribution < -0.4 is 5.32 Å². The molecule has 1 heterocycles. The first kappa shape index (κ1) is 14.6. The Labute approximate surface area is 120 Å². The van der Waals surface area contributed by atoms with Crippen molar-refractivity contribution in [3.05, 3.63) is 36.0 Å². The van der Waals surface area contributed by atoms with Gasteiger partial charge in [-0.15, -0.1) is 0 Å². The van der Waals surface area contributed by atoms with Crippen LogP contribution in [-0.4, -0.2) is 17.4 Å². The lowest BCUT2D eigenvalue weighted by molar-refractivity contribution is -0.120. The fourth-order valence-corrected chi connectivity index (χ4v) is 2.09. The van der Waals surface area contributed by atoms with Gasteiger partial charge in [0.05, 0.1) is 6.42 Å². The fraction of sp³-hybridized carbons (Fsp3) is 0.471. The van der Waals surface area contributed by atoms with Crippen molar-refractivity contribution in [2.24, 2.45) is 11.3 Å². The second kappa shape index (κ2) is 5.70. The Morgan fingerprint density at radius 3 is 2.70 bits per heavy atom. The summed E-state index contributed by atoms with van der Waals surface area (Å²) in [5.41, 5.74) is 2.36. The van der Waals surface area contributed by atoms with Crippen LogP contribution in [0.2, 0.25) is 0 Å². The van der Waals surface area contributed by atoms with Crippen LogP contribution in [0.5, 0.6) is 0 Å². The van der Waals surface area contributed by atoms with Gasteiger partial charge in [-0.3, -0.25) is 4.79 Å². The van der Waals surface area contributed by atoms with Gasteiger partial charge in [-0.25, -0.2) is 0 Å². The summed E-state index contributed by atoms with van der Waals surface area (Å²) in [5, 5.41) is 4.17. The van der Waals surface area contributed by atoms with Gasteiger partial charge in [0.15, 0.2) is 0 Å². The predicted molar refractivity (Wildman–Crippen MR) is 83.6 cm³/mol. The molecule has 108 valence electrons. The lowest BCUT2D eigenvalue weighted by Crippen LogP contribution is -2.34. The molecular weight excluding hydrogens is 248 g/mol. The minimum atomic E-state index is 0.0888. The smallest absolute Gasteiger partial charge is 0.224 e. The SMILES string of the molecule is CC(CNC(=O)Cc1c[nH]c2ccccc12)C(C)(C)C. The lowest BCUT2D eigenvalue weighted by Gasteiger charge is -2.27. The zero-order chi connectivity index (χ0) is 14.8. The van der Waals surface area contributed by atoms with Crippen molar-refractivity contribution in [2.75, 3.05) is 6.54 Å². The maximum absolute atomic E-state index is 12.1. The maximum Gasteiger partial charge on any atom is 0.224 e. The van der Waals surface area contributed by atoms with Crippen LogP contribution in [0.25, 0.3) is 10.9 Å². The molecule has 1 aromatic carbocycles. The molecule has 0 aliphatic rings. The highest BCUT2D eigenvalue weighted by Crippen LogP contribution is 2.24. The zero-order valence-electron chi connectivity index (χ0n) is 12.8. The van der Waals surface area contributed by atoms with Crippen molar-refractivity contribution in [1.82, 2.24) is 10.3 Å². The van der Waals surface area contributed by atoms with Crippen LogP contribution in [-0.2, 0) is 11.2 Å². The number of carbonyl (C=O) groups excluding carboxylic acids is 1. The summed E-state index contributed by atoms with van der Waals surface area (Å²) in [4.78, 5) is 15.3. The molecule has 0 aliphatic carbocycles. The number of fused-ring (bicyclic) bond motifs is 1. The van der Waals surface area contributed by atoms with E-state index in [-0.39, 0.29) is 11.3 Å². The summed E-state index contributed by atoms with van der Waals surface area (Å²) in [6.45, 7) is 9.49. The Bertz CT molecular complexity index is 592. The summed E-state index contributed by atoms with van der Waals surface area (Å²) in [6.07, 6.45) is 2.36. The van der Waals surface area contributed by atoms with Gasteiger partial charge in [0.1, 0.15) is 0 Å². The number of carbonyl (C=O) groups is 1. The highest BCUT2D eigenvalue weighted by Gasteiger charge is 2.20. The van der Waals surface area contributed by atoms with Gasteiger partial charge < -0.3 is 10.3 Å². The number of hydrogen-bond donors (Lipinski definition) is 2. The van der Waals surface area contributed by atoms with Crippen LogP contribution in [0.1, 0.15) is 33.3 Å². The number of amides is 1. The second-order valence-corrected chi connectivity index (χ2v) is 6.61. The van der Waals surface area contributed by atoms with Gasteiger partial charge in [0.2, 0.25) is 5.91 Å². The van der Waals surface area contributed by atoms with Gasteiger partial charge in [0.25, 0.3) is 0 Å². The highest BCUT2D eigenvalue weighted by atomic mass is 16.1. The molecule has 0 bridgehead atoms. The highest BCUT2D eigenvalue weighted by molar-refractivity contribution is 5.88. The third-order valence-corrected chi connectivity index (χ3v) is 4.11. The van der Waals surface area contributed by atoms with E-state index in [1.54, 1.807) is 0 Å². The Morgan fingerprint density at radius 1 is 1.30 bits per heavy atom. The van der Waals surface area contributed by atoms with E-state index < -0.39 is 0 Å².